The summed E-state index contributed by atoms with van der Waals surface area (Å²) in [5.41, 5.74) is 0. The van der Waals surface area contributed by atoms with Crippen LogP contribution < -0.4 is 0 Å². The molecule has 0 radical (unpaired) electrons. The smallest absolute Gasteiger partial charge is 0.249 e. The van der Waals surface area contributed by atoms with E-state index in [1.165, 1.54) is 12.8 Å². The molecule has 3 rings (SSSR count). The Morgan fingerprint density at radius 3 is 2.96 bits per heavy atom. The molecule has 134 valence electrons. The average molecular weight is 337 g/mol. The second-order valence-electron chi connectivity index (χ2n) is 6.66. The van der Waals surface area contributed by atoms with E-state index in [1.807, 2.05) is 4.90 Å². The lowest BCUT2D eigenvalue weighted by molar-refractivity contribution is -0.136. The predicted octanol–water partition coefficient (Wildman–Crippen LogP) is 2.13. The van der Waals surface area contributed by atoms with Crippen LogP contribution in [-0.4, -0.2) is 54.4 Å². The van der Waals surface area contributed by atoms with Gasteiger partial charge >= 0.3 is 0 Å². The van der Waals surface area contributed by atoms with Gasteiger partial charge in [0.05, 0.1) is 19.6 Å². The summed E-state index contributed by atoms with van der Waals surface area (Å²) >= 11 is 0. The first kappa shape index (κ1) is 17.4. The number of hydrogen-bond donors (Lipinski definition) is 0. The van der Waals surface area contributed by atoms with Gasteiger partial charge in [0, 0.05) is 26.7 Å². The van der Waals surface area contributed by atoms with Gasteiger partial charge in [0.2, 0.25) is 11.8 Å². The largest absolute Gasteiger partial charge is 0.384 e. The monoisotopic (exact) mass is 337 g/mol. The molecule has 2 heterocycles. The number of methoxy groups -OCH3 is 1. The molecule has 7 heteroatoms. The van der Waals surface area contributed by atoms with E-state index in [4.69, 9.17) is 14.0 Å². The number of piperidine rings is 1. The molecule has 0 spiro atoms. The minimum absolute atomic E-state index is 0.0917. The summed E-state index contributed by atoms with van der Waals surface area (Å²) in [5, 5.41) is 4.05. The van der Waals surface area contributed by atoms with Gasteiger partial charge in [-0.1, -0.05) is 5.16 Å². The highest BCUT2D eigenvalue weighted by molar-refractivity contribution is 5.76. The zero-order chi connectivity index (χ0) is 16.8. The fourth-order valence-electron chi connectivity index (χ4n) is 3.02. The quantitative estimate of drug-likeness (QED) is 0.642. The maximum Gasteiger partial charge on any atom is 0.249 e. The van der Waals surface area contributed by atoms with E-state index in [0.29, 0.717) is 37.8 Å². The second kappa shape index (κ2) is 8.58. The number of aromatic nitrogens is 2. The van der Waals surface area contributed by atoms with Crippen LogP contribution in [-0.2, 0) is 20.7 Å². The molecule has 2 aliphatic rings. The van der Waals surface area contributed by atoms with Crippen molar-refractivity contribution in [2.75, 3.05) is 33.5 Å². The van der Waals surface area contributed by atoms with E-state index < -0.39 is 0 Å². The van der Waals surface area contributed by atoms with Crippen molar-refractivity contribution < 1.29 is 18.8 Å². The molecule has 1 atom stereocenters. The van der Waals surface area contributed by atoms with Crippen LogP contribution >= 0.6 is 0 Å². The highest BCUT2D eigenvalue weighted by atomic mass is 16.5. The van der Waals surface area contributed by atoms with Crippen molar-refractivity contribution >= 4 is 5.91 Å². The van der Waals surface area contributed by atoms with Crippen molar-refractivity contribution in [1.29, 1.82) is 0 Å². The number of ether oxygens (including phenoxy) is 2. The topological polar surface area (TPSA) is 77.7 Å². The van der Waals surface area contributed by atoms with Crippen LogP contribution in [0.4, 0.5) is 0 Å². The van der Waals surface area contributed by atoms with Crippen molar-refractivity contribution in [3.8, 4) is 0 Å². The minimum Gasteiger partial charge on any atom is -0.384 e. The van der Waals surface area contributed by atoms with Crippen molar-refractivity contribution in [2.45, 2.75) is 51.0 Å². The van der Waals surface area contributed by atoms with Crippen LogP contribution in [0.1, 0.15) is 56.3 Å². The number of nitrogens with zero attached hydrogens (tertiary/aromatic N) is 3. The summed E-state index contributed by atoms with van der Waals surface area (Å²) in [5.74, 6) is 2.07. The molecule has 24 heavy (non-hydrogen) atoms. The number of carbonyl (C=O) groups is 1. The van der Waals surface area contributed by atoms with Crippen molar-refractivity contribution in [2.24, 2.45) is 5.92 Å². The molecular formula is C17H27N3O4. The molecular weight excluding hydrogens is 310 g/mol. The highest BCUT2D eigenvalue weighted by Crippen LogP contribution is 2.30. The number of likely N-dealkylation sites (tertiary alicyclic amines) is 1. The maximum absolute atomic E-state index is 12.4. The molecule has 1 unspecified atom stereocenters. The Kier molecular flexibility index (Phi) is 6.20. The van der Waals surface area contributed by atoms with Gasteiger partial charge in [-0.3, -0.25) is 4.79 Å². The summed E-state index contributed by atoms with van der Waals surface area (Å²) in [6.07, 6.45) is 6.59. The van der Waals surface area contributed by atoms with Crippen LogP contribution in [0.25, 0.3) is 0 Å². The minimum atomic E-state index is -0.100. The average Bonchev–Trinajstić information content (AvgIpc) is 3.32. The summed E-state index contributed by atoms with van der Waals surface area (Å²) in [4.78, 5) is 18.7. The van der Waals surface area contributed by atoms with Gasteiger partial charge < -0.3 is 18.9 Å². The fraction of sp³-hybridized carbons (Fsp3) is 0.824. The molecule has 1 aliphatic carbocycles. The van der Waals surface area contributed by atoms with E-state index in [9.17, 15) is 4.79 Å². The van der Waals surface area contributed by atoms with Crippen molar-refractivity contribution in [3.05, 3.63) is 11.7 Å². The first-order chi connectivity index (χ1) is 11.8. The molecule has 1 aliphatic heterocycles. The summed E-state index contributed by atoms with van der Waals surface area (Å²) in [7, 11) is 1.61. The Morgan fingerprint density at radius 2 is 2.17 bits per heavy atom. The molecule has 0 N–H and O–H groups in total. The lowest BCUT2D eigenvalue weighted by Gasteiger charge is -2.33. The predicted molar refractivity (Wildman–Crippen MR) is 86.3 cm³/mol. The SMILES string of the molecule is COCCC(=O)N1CCCCC1c1nc(CCOCC2CC2)no1. The van der Waals surface area contributed by atoms with Gasteiger partial charge in [0.1, 0.15) is 6.04 Å². The van der Waals surface area contributed by atoms with Gasteiger partial charge in [0.25, 0.3) is 0 Å². The maximum atomic E-state index is 12.4. The second-order valence-corrected chi connectivity index (χ2v) is 6.66. The zero-order valence-corrected chi connectivity index (χ0v) is 14.4. The van der Waals surface area contributed by atoms with E-state index in [1.54, 1.807) is 7.11 Å². The number of carbonyl (C=O) groups excluding carboxylic acids is 1. The Labute approximate surface area is 142 Å². The third kappa shape index (κ3) is 4.77. The van der Waals surface area contributed by atoms with E-state index in [0.717, 1.165) is 38.3 Å². The fourth-order valence-corrected chi connectivity index (χ4v) is 3.02. The van der Waals surface area contributed by atoms with Crippen LogP contribution in [0.3, 0.4) is 0 Å². The van der Waals surface area contributed by atoms with Crippen LogP contribution in [0.2, 0.25) is 0 Å². The number of amides is 1. The Hall–Kier alpha value is -1.47. The van der Waals surface area contributed by atoms with Crippen molar-refractivity contribution in [1.82, 2.24) is 15.0 Å². The zero-order valence-electron chi connectivity index (χ0n) is 14.4. The standard InChI is InChI=1S/C17H27N3O4/c1-22-10-8-16(21)20-9-3-2-4-14(20)17-18-15(19-24-17)7-11-23-12-13-5-6-13/h13-14H,2-12H2,1H3. The van der Waals surface area contributed by atoms with Gasteiger partial charge in [-0.25, -0.2) is 0 Å². The summed E-state index contributed by atoms with van der Waals surface area (Å²) in [6.45, 7) is 2.65. The number of hydrogen-bond acceptors (Lipinski definition) is 6. The molecule has 7 nitrogen and oxygen atoms in total. The Morgan fingerprint density at radius 1 is 1.29 bits per heavy atom. The van der Waals surface area contributed by atoms with Crippen LogP contribution in [0.15, 0.2) is 4.52 Å². The number of rotatable bonds is 9. The third-order valence-electron chi connectivity index (χ3n) is 4.63. The molecule has 0 bridgehead atoms. The summed E-state index contributed by atoms with van der Waals surface area (Å²) in [6, 6.07) is -0.100. The van der Waals surface area contributed by atoms with E-state index in [-0.39, 0.29) is 11.9 Å². The van der Waals surface area contributed by atoms with Gasteiger partial charge in [-0.15, -0.1) is 0 Å². The molecule has 1 saturated carbocycles. The van der Waals surface area contributed by atoms with Gasteiger partial charge in [0.15, 0.2) is 5.82 Å². The third-order valence-corrected chi connectivity index (χ3v) is 4.63. The first-order valence-corrected chi connectivity index (χ1v) is 8.96. The van der Waals surface area contributed by atoms with Gasteiger partial charge in [-0.2, -0.15) is 4.98 Å². The molecule has 1 amide bonds. The van der Waals surface area contributed by atoms with Crippen LogP contribution in [0.5, 0.6) is 0 Å². The Balaban J connectivity index is 1.53. The molecule has 2 fully saturated rings. The van der Waals surface area contributed by atoms with E-state index in [2.05, 4.69) is 10.1 Å². The first-order valence-electron chi connectivity index (χ1n) is 8.96. The molecule has 1 saturated heterocycles. The molecule has 1 aromatic heterocycles. The highest BCUT2D eigenvalue weighted by Gasteiger charge is 2.31. The lowest BCUT2D eigenvalue weighted by atomic mass is 10.0. The van der Waals surface area contributed by atoms with Crippen molar-refractivity contribution in [3.63, 3.8) is 0 Å². The van der Waals surface area contributed by atoms with Crippen LogP contribution in [0, 0.1) is 5.92 Å². The normalized spacial score (nSPS) is 21.2. The molecule has 0 aromatic carbocycles. The summed E-state index contributed by atoms with van der Waals surface area (Å²) < 4.78 is 16.1. The van der Waals surface area contributed by atoms with Gasteiger partial charge in [-0.05, 0) is 38.0 Å². The molecule has 1 aromatic rings. The van der Waals surface area contributed by atoms with E-state index >= 15 is 0 Å². The lowest BCUT2D eigenvalue weighted by Crippen LogP contribution is -2.39. The Bertz CT molecular complexity index is 530.